The lowest BCUT2D eigenvalue weighted by Crippen LogP contribution is -2.14. The smallest absolute Gasteiger partial charge is 0.224 e. The Kier molecular flexibility index (Phi) is 6.26. The maximum absolute atomic E-state index is 12.6. The van der Waals surface area contributed by atoms with E-state index in [1.807, 2.05) is 54.6 Å². The number of rotatable bonds is 8. The lowest BCUT2D eigenvalue weighted by molar-refractivity contribution is -0.116. The molecule has 0 unspecified atom stereocenters. The van der Waals surface area contributed by atoms with Crippen molar-refractivity contribution in [2.24, 2.45) is 0 Å². The fourth-order valence-electron chi connectivity index (χ4n) is 3.59. The lowest BCUT2D eigenvalue weighted by atomic mass is 10.1. The van der Waals surface area contributed by atoms with Gasteiger partial charge in [0, 0.05) is 24.7 Å². The van der Waals surface area contributed by atoms with Gasteiger partial charge in [-0.1, -0.05) is 31.2 Å². The molecule has 0 saturated carbocycles. The van der Waals surface area contributed by atoms with Crippen molar-refractivity contribution in [3.8, 4) is 5.75 Å². The molecule has 0 spiro atoms. The summed E-state index contributed by atoms with van der Waals surface area (Å²) in [4.78, 5) is 21.8. The summed E-state index contributed by atoms with van der Waals surface area (Å²) in [5, 5.41) is 3.00. The predicted octanol–water partition coefficient (Wildman–Crippen LogP) is 4.62. The van der Waals surface area contributed by atoms with Crippen molar-refractivity contribution in [3.63, 3.8) is 0 Å². The molecule has 158 valence electrons. The zero-order chi connectivity index (χ0) is 21.6. The third kappa shape index (κ3) is 4.91. The summed E-state index contributed by atoms with van der Waals surface area (Å²) >= 11 is 0. The zero-order valence-electron chi connectivity index (χ0n) is 17.8. The number of benzene rings is 2. The number of hydrogen-bond acceptors (Lipinski definition) is 4. The molecule has 0 radical (unpaired) electrons. The van der Waals surface area contributed by atoms with Crippen LogP contribution in [-0.2, 0) is 24.2 Å². The Morgan fingerprint density at radius 3 is 2.68 bits per heavy atom. The van der Waals surface area contributed by atoms with E-state index in [-0.39, 0.29) is 5.91 Å². The quantitative estimate of drug-likeness (QED) is 0.457. The third-order valence-electron chi connectivity index (χ3n) is 5.28. The summed E-state index contributed by atoms with van der Waals surface area (Å²) < 4.78 is 7.34. The summed E-state index contributed by atoms with van der Waals surface area (Å²) in [6.07, 6.45) is 3.59. The number of anilines is 1. The Morgan fingerprint density at radius 1 is 1.06 bits per heavy atom. The van der Waals surface area contributed by atoms with Gasteiger partial charge in [0.1, 0.15) is 17.1 Å². The Bertz CT molecular complexity index is 1180. The van der Waals surface area contributed by atoms with Gasteiger partial charge in [-0.15, -0.1) is 0 Å². The monoisotopic (exact) mass is 414 g/mol. The minimum absolute atomic E-state index is 0.0238. The Labute approximate surface area is 181 Å². The average molecular weight is 415 g/mol. The molecule has 2 aromatic carbocycles. The highest BCUT2D eigenvalue weighted by Crippen LogP contribution is 2.19. The van der Waals surface area contributed by atoms with Gasteiger partial charge in [-0.3, -0.25) is 4.79 Å². The van der Waals surface area contributed by atoms with Crippen LogP contribution in [0, 0.1) is 0 Å². The number of aromatic nitrogens is 3. The molecule has 0 atom stereocenters. The molecule has 6 nitrogen and oxygen atoms in total. The van der Waals surface area contributed by atoms with Crippen molar-refractivity contribution in [1.29, 1.82) is 0 Å². The van der Waals surface area contributed by atoms with Gasteiger partial charge in [0.25, 0.3) is 0 Å². The van der Waals surface area contributed by atoms with Crippen LogP contribution >= 0.6 is 0 Å². The van der Waals surface area contributed by atoms with Gasteiger partial charge in [-0.25, -0.2) is 9.97 Å². The molecule has 4 aromatic rings. The molecule has 1 N–H and O–H groups in total. The predicted molar refractivity (Wildman–Crippen MR) is 122 cm³/mol. The van der Waals surface area contributed by atoms with Gasteiger partial charge in [0.15, 0.2) is 5.65 Å². The number of amides is 1. The van der Waals surface area contributed by atoms with E-state index in [0.29, 0.717) is 19.4 Å². The number of aryl methyl sites for hydroxylation is 2. The van der Waals surface area contributed by atoms with Gasteiger partial charge in [0.2, 0.25) is 5.91 Å². The van der Waals surface area contributed by atoms with Gasteiger partial charge in [0.05, 0.1) is 13.7 Å². The molecule has 2 heterocycles. The molecule has 0 bridgehead atoms. The molecular formula is C25H26N4O2. The van der Waals surface area contributed by atoms with Crippen LogP contribution in [0.4, 0.5) is 5.69 Å². The van der Waals surface area contributed by atoms with E-state index in [0.717, 1.165) is 40.4 Å². The average Bonchev–Trinajstić information content (AvgIpc) is 3.15. The first-order valence-corrected chi connectivity index (χ1v) is 10.5. The fourth-order valence-corrected chi connectivity index (χ4v) is 3.59. The van der Waals surface area contributed by atoms with Crippen molar-refractivity contribution >= 4 is 22.8 Å². The number of pyridine rings is 1. The Morgan fingerprint density at radius 2 is 1.90 bits per heavy atom. The van der Waals surface area contributed by atoms with Crippen molar-refractivity contribution in [2.75, 3.05) is 12.4 Å². The SMILES string of the molecule is CCc1cccc(NC(=O)CCc2nc3cccnc3n2Cc2ccc(OC)cc2)c1. The molecule has 0 aliphatic heterocycles. The fraction of sp³-hybridized carbons (Fsp3) is 0.240. The first kappa shape index (κ1) is 20.6. The number of hydrogen-bond donors (Lipinski definition) is 1. The second-order valence-electron chi connectivity index (χ2n) is 7.41. The van der Waals surface area contributed by atoms with E-state index in [4.69, 9.17) is 9.72 Å². The topological polar surface area (TPSA) is 69.0 Å². The third-order valence-corrected chi connectivity index (χ3v) is 5.28. The van der Waals surface area contributed by atoms with E-state index >= 15 is 0 Å². The molecule has 0 aliphatic rings. The van der Waals surface area contributed by atoms with E-state index in [1.54, 1.807) is 13.3 Å². The van der Waals surface area contributed by atoms with Crippen LogP contribution in [0.1, 0.15) is 30.3 Å². The highest BCUT2D eigenvalue weighted by Gasteiger charge is 2.14. The molecule has 0 saturated heterocycles. The molecule has 1 amide bonds. The summed E-state index contributed by atoms with van der Waals surface area (Å²) in [5.74, 6) is 1.65. The normalized spacial score (nSPS) is 10.9. The van der Waals surface area contributed by atoms with Crippen molar-refractivity contribution in [1.82, 2.24) is 14.5 Å². The van der Waals surface area contributed by atoms with Crippen molar-refractivity contribution in [2.45, 2.75) is 32.7 Å². The van der Waals surface area contributed by atoms with Gasteiger partial charge in [-0.05, 0) is 53.9 Å². The van der Waals surface area contributed by atoms with Crippen LogP contribution in [0.5, 0.6) is 5.75 Å². The minimum Gasteiger partial charge on any atom is -0.497 e. The van der Waals surface area contributed by atoms with E-state index in [9.17, 15) is 4.79 Å². The van der Waals surface area contributed by atoms with Gasteiger partial charge >= 0.3 is 0 Å². The molecular weight excluding hydrogens is 388 g/mol. The second-order valence-corrected chi connectivity index (χ2v) is 7.41. The number of ether oxygens (including phenoxy) is 1. The molecule has 2 aromatic heterocycles. The van der Waals surface area contributed by atoms with E-state index in [2.05, 4.69) is 27.9 Å². The van der Waals surface area contributed by atoms with E-state index in [1.165, 1.54) is 5.56 Å². The van der Waals surface area contributed by atoms with Crippen LogP contribution in [0.15, 0.2) is 66.9 Å². The molecule has 31 heavy (non-hydrogen) atoms. The number of carbonyl (C=O) groups excluding carboxylic acids is 1. The molecule has 4 rings (SSSR count). The van der Waals surface area contributed by atoms with Gasteiger partial charge < -0.3 is 14.6 Å². The Balaban J connectivity index is 1.51. The van der Waals surface area contributed by atoms with Crippen LogP contribution in [0.25, 0.3) is 11.2 Å². The maximum atomic E-state index is 12.6. The molecule has 0 aliphatic carbocycles. The largest absolute Gasteiger partial charge is 0.497 e. The van der Waals surface area contributed by atoms with Crippen LogP contribution in [0.2, 0.25) is 0 Å². The maximum Gasteiger partial charge on any atom is 0.224 e. The highest BCUT2D eigenvalue weighted by atomic mass is 16.5. The van der Waals surface area contributed by atoms with Crippen LogP contribution in [-0.4, -0.2) is 27.6 Å². The number of nitrogens with one attached hydrogen (secondary N) is 1. The minimum atomic E-state index is -0.0238. The summed E-state index contributed by atoms with van der Waals surface area (Å²) in [7, 11) is 1.66. The highest BCUT2D eigenvalue weighted by molar-refractivity contribution is 5.90. The first-order chi connectivity index (χ1) is 15.2. The van der Waals surface area contributed by atoms with Crippen molar-refractivity contribution in [3.05, 3.63) is 83.8 Å². The van der Waals surface area contributed by atoms with Gasteiger partial charge in [-0.2, -0.15) is 0 Å². The summed E-state index contributed by atoms with van der Waals surface area (Å²) in [6, 6.07) is 19.7. The number of imidazole rings is 1. The number of nitrogens with zero attached hydrogens (tertiary/aromatic N) is 3. The number of carbonyl (C=O) groups is 1. The standard InChI is InChI=1S/C25H26N4O2/c1-3-18-6-4-7-20(16-18)27-24(30)14-13-23-28-22-8-5-15-26-25(22)29(23)17-19-9-11-21(31-2)12-10-19/h4-12,15-16H,3,13-14,17H2,1-2H3,(H,27,30). The van der Waals surface area contributed by atoms with Crippen molar-refractivity contribution < 1.29 is 9.53 Å². The zero-order valence-corrected chi connectivity index (χ0v) is 17.8. The number of fused-ring (bicyclic) bond motifs is 1. The molecule has 0 fully saturated rings. The number of methoxy groups -OCH3 is 1. The van der Waals surface area contributed by atoms with Crippen LogP contribution < -0.4 is 10.1 Å². The molecule has 6 heteroatoms. The first-order valence-electron chi connectivity index (χ1n) is 10.5. The Hall–Kier alpha value is -3.67. The summed E-state index contributed by atoms with van der Waals surface area (Å²) in [5.41, 5.74) is 4.81. The summed E-state index contributed by atoms with van der Waals surface area (Å²) in [6.45, 7) is 2.73. The van der Waals surface area contributed by atoms with E-state index < -0.39 is 0 Å². The lowest BCUT2D eigenvalue weighted by Gasteiger charge is -2.10. The second kappa shape index (κ2) is 9.43. The van der Waals surface area contributed by atoms with Crippen LogP contribution in [0.3, 0.4) is 0 Å².